The van der Waals surface area contributed by atoms with E-state index in [-0.39, 0.29) is 11.6 Å². The molecule has 0 atom stereocenters. The molecule has 6 heteroatoms. The minimum absolute atomic E-state index is 0.0483. The molecule has 3 aromatic rings. The predicted octanol–water partition coefficient (Wildman–Crippen LogP) is 4.58. The van der Waals surface area contributed by atoms with Crippen LogP contribution in [-0.2, 0) is 16.8 Å². The zero-order chi connectivity index (χ0) is 20.7. The van der Waals surface area contributed by atoms with Crippen LogP contribution in [0.2, 0.25) is 0 Å². The number of hydrogen-bond acceptors (Lipinski definition) is 3. The molecule has 156 valence electrons. The lowest BCUT2D eigenvalue weighted by atomic mass is 9.83. The van der Waals surface area contributed by atoms with Crippen molar-refractivity contribution in [1.82, 2.24) is 9.88 Å². The molecule has 1 saturated heterocycles. The summed E-state index contributed by atoms with van der Waals surface area (Å²) in [5.41, 5.74) is 5.24. The van der Waals surface area contributed by atoms with Gasteiger partial charge in [-0.05, 0) is 67.6 Å². The van der Waals surface area contributed by atoms with E-state index in [4.69, 9.17) is 9.47 Å². The third-order valence-corrected chi connectivity index (χ3v) is 6.43. The average molecular weight is 405 g/mol. The van der Waals surface area contributed by atoms with Gasteiger partial charge in [0.1, 0.15) is 11.4 Å². The molecule has 5 rings (SSSR count). The first-order valence-corrected chi connectivity index (χ1v) is 10.5. The van der Waals surface area contributed by atoms with Gasteiger partial charge in [-0.2, -0.15) is 0 Å². The van der Waals surface area contributed by atoms with E-state index in [2.05, 4.69) is 22.4 Å². The molecule has 0 unspecified atom stereocenters. The van der Waals surface area contributed by atoms with Crippen LogP contribution in [0.3, 0.4) is 0 Å². The van der Waals surface area contributed by atoms with Crippen LogP contribution >= 0.6 is 0 Å². The summed E-state index contributed by atoms with van der Waals surface area (Å²) in [6.45, 7) is 4.05. The summed E-state index contributed by atoms with van der Waals surface area (Å²) >= 11 is 0. The lowest BCUT2D eigenvalue weighted by Gasteiger charge is -2.43. The summed E-state index contributed by atoms with van der Waals surface area (Å²) in [7, 11) is 1.70. The standard InChI is InChI=1S/C24H27N3O3/c1-16-4-3-5-17(14-16)25-23(28)27-11-9-24(10-12-27)22-19(8-13-30-24)20-15-18(29-2)6-7-21(20)26-22/h3-7,14-15,26H,8-13H2,1-2H3,(H,25,28). The highest BCUT2D eigenvalue weighted by Gasteiger charge is 2.43. The fraction of sp³-hybridized carbons (Fsp3) is 0.375. The number of ether oxygens (including phenoxy) is 2. The normalized spacial score (nSPS) is 17.7. The first-order valence-electron chi connectivity index (χ1n) is 10.5. The molecule has 0 radical (unpaired) electrons. The van der Waals surface area contributed by atoms with Crippen LogP contribution in [0, 0.1) is 6.92 Å². The SMILES string of the molecule is COc1ccc2[nH]c3c(c2c1)CCOC31CCN(C(=O)Nc2cccc(C)c2)CC1. The highest BCUT2D eigenvalue weighted by molar-refractivity contribution is 5.89. The first-order chi connectivity index (χ1) is 14.6. The maximum atomic E-state index is 12.8. The molecule has 0 bridgehead atoms. The van der Waals surface area contributed by atoms with E-state index in [1.54, 1.807) is 7.11 Å². The highest BCUT2D eigenvalue weighted by Crippen LogP contribution is 2.44. The summed E-state index contributed by atoms with van der Waals surface area (Å²) in [4.78, 5) is 18.3. The van der Waals surface area contributed by atoms with Gasteiger partial charge in [-0.1, -0.05) is 12.1 Å². The molecule has 6 nitrogen and oxygen atoms in total. The van der Waals surface area contributed by atoms with Crippen LogP contribution in [0.15, 0.2) is 42.5 Å². The van der Waals surface area contributed by atoms with Crippen molar-refractivity contribution >= 4 is 22.6 Å². The number of amides is 2. The Morgan fingerprint density at radius 3 is 2.80 bits per heavy atom. The number of nitrogens with zero attached hydrogens (tertiary/aromatic N) is 1. The minimum Gasteiger partial charge on any atom is -0.497 e. The number of H-pyrrole nitrogens is 1. The number of benzene rings is 2. The van der Waals surface area contributed by atoms with Crippen molar-refractivity contribution in [2.45, 2.75) is 31.8 Å². The predicted molar refractivity (Wildman–Crippen MR) is 117 cm³/mol. The number of likely N-dealkylation sites (tertiary alicyclic amines) is 1. The van der Waals surface area contributed by atoms with Crippen molar-refractivity contribution < 1.29 is 14.3 Å². The number of urea groups is 1. The summed E-state index contributed by atoms with van der Waals surface area (Å²) < 4.78 is 11.8. The quantitative estimate of drug-likeness (QED) is 0.656. The van der Waals surface area contributed by atoms with Gasteiger partial charge >= 0.3 is 6.03 Å². The molecule has 3 heterocycles. The van der Waals surface area contributed by atoms with Crippen LogP contribution < -0.4 is 10.1 Å². The fourth-order valence-corrected chi connectivity index (χ4v) is 4.81. The Labute approximate surface area is 176 Å². The number of hydrogen-bond donors (Lipinski definition) is 2. The number of carbonyl (C=O) groups excluding carboxylic acids is 1. The van der Waals surface area contributed by atoms with E-state index in [0.717, 1.165) is 41.8 Å². The smallest absolute Gasteiger partial charge is 0.321 e. The second-order valence-electron chi connectivity index (χ2n) is 8.27. The number of fused-ring (bicyclic) bond motifs is 4. The maximum Gasteiger partial charge on any atom is 0.321 e. The average Bonchev–Trinajstić information content (AvgIpc) is 3.14. The Bertz CT molecular complexity index is 1100. The second-order valence-corrected chi connectivity index (χ2v) is 8.27. The topological polar surface area (TPSA) is 66.6 Å². The van der Waals surface area contributed by atoms with Gasteiger partial charge in [0, 0.05) is 29.7 Å². The number of anilines is 1. The Morgan fingerprint density at radius 1 is 1.20 bits per heavy atom. The van der Waals surface area contributed by atoms with Gasteiger partial charge in [0.25, 0.3) is 0 Å². The van der Waals surface area contributed by atoms with Crippen LogP contribution in [0.5, 0.6) is 5.75 Å². The summed E-state index contributed by atoms with van der Waals surface area (Å²) in [5.74, 6) is 0.868. The molecule has 30 heavy (non-hydrogen) atoms. The third-order valence-electron chi connectivity index (χ3n) is 6.43. The van der Waals surface area contributed by atoms with E-state index in [0.29, 0.717) is 19.7 Å². The zero-order valence-corrected chi connectivity index (χ0v) is 17.5. The first kappa shape index (κ1) is 19.0. The van der Waals surface area contributed by atoms with Crippen molar-refractivity contribution in [2.24, 2.45) is 0 Å². The molecule has 2 N–H and O–H groups in total. The summed E-state index contributed by atoms with van der Waals surface area (Å²) in [6.07, 6.45) is 2.46. The number of aryl methyl sites for hydroxylation is 1. The van der Waals surface area contributed by atoms with Crippen molar-refractivity contribution in [1.29, 1.82) is 0 Å². The van der Waals surface area contributed by atoms with Crippen LogP contribution in [0.4, 0.5) is 10.5 Å². The molecular weight excluding hydrogens is 378 g/mol. The molecule has 1 fully saturated rings. The van der Waals surface area contributed by atoms with E-state index in [1.807, 2.05) is 42.2 Å². The van der Waals surface area contributed by atoms with E-state index >= 15 is 0 Å². The van der Waals surface area contributed by atoms with Crippen LogP contribution in [0.25, 0.3) is 10.9 Å². The zero-order valence-electron chi connectivity index (χ0n) is 17.5. The second kappa shape index (κ2) is 7.36. The van der Waals surface area contributed by atoms with Crippen LogP contribution in [-0.4, -0.2) is 42.7 Å². The number of carbonyl (C=O) groups is 1. The minimum atomic E-state index is -0.347. The van der Waals surface area contributed by atoms with Gasteiger partial charge in [-0.25, -0.2) is 4.79 Å². The Balaban J connectivity index is 1.35. The molecule has 2 aliphatic rings. The van der Waals surface area contributed by atoms with Gasteiger partial charge in [0.05, 0.1) is 19.4 Å². The van der Waals surface area contributed by atoms with Gasteiger partial charge < -0.3 is 24.7 Å². The molecule has 2 aromatic carbocycles. The lowest BCUT2D eigenvalue weighted by molar-refractivity contribution is -0.0943. The number of piperidine rings is 1. The van der Waals surface area contributed by atoms with Gasteiger partial charge in [-0.3, -0.25) is 0 Å². The third kappa shape index (κ3) is 3.21. The number of methoxy groups -OCH3 is 1. The molecule has 2 amide bonds. The Kier molecular flexibility index (Phi) is 4.66. The van der Waals surface area contributed by atoms with Crippen LogP contribution in [0.1, 0.15) is 29.7 Å². The Morgan fingerprint density at radius 2 is 2.03 bits per heavy atom. The number of aromatic nitrogens is 1. The largest absolute Gasteiger partial charge is 0.497 e. The number of rotatable bonds is 2. The number of nitrogens with one attached hydrogen (secondary N) is 2. The highest BCUT2D eigenvalue weighted by atomic mass is 16.5. The monoisotopic (exact) mass is 405 g/mol. The molecule has 1 spiro atoms. The van der Waals surface area contributed by atoms with Gasteiger partial charge in [0.15, 0.2) is 0 Å². The van der Waals surface area contributed by atoms with Gasteiger partial charge in [0.2, 0.25) is 0 Å². The van der Waals surface area contributed by atoms with Crippen molar-refractivity contribution in [3.05, 3.63) is 59.3 Å². The number of aromatic amines is 1. The van der Waals surface area contributed by atoms with Crippen molar-refractivity contribution in [3.63, 3.8) is 0 Å². The van der Waals surface area contributed by atoms with Gasteiger partial charge in [-0.15, -0.1) is 0 Å². The molecular formula is C24H27N3O3. The summed E-state index contributed by atoms with van der Waals surface area (Å²) in [6, 6.07) is 14.0. The molecule has 0 saturated carbocycles. The Hall–Kier alpha value is -2.99. The molecule has 2 aliphatic heterocycles. The van der Waals surface area contributed by atoms with Crippen molar-refractivity contribution in [3.8, 4) is 5.75 Å². The van der Waals surface area contributed by atoms with Crippen molar-refractivity contribution in [2.75, 3.05) is 32.1 Å². The lowest BCUT2D eigenvalue weighted by Crippen LogP contribution is -2.49. The van der Waals surface area contributed by atoms with E-state index < -0.39 is 0 Å². The van der Waals surface area contributed by atoms with E-state index in [1.165, 1.54) is 16.6 Å². The maximum absolute atomic E-state index is 12.8. The molecule has 0 aliphatic carbocycles. The molecule has 1 aromatic heterocycles. The summed E-state index contributed by atoms with van der Waals surface area (Å²) in [5, 5.41) is 4.24. The fourth-order valence-electron chi connectivity index (χ4n) is 4.81. The van der Waals surface area contributed by atoms with E-state index in [9.17, 15) is 4.79 Å².